The number of furan rings is 1. The molecular formula is C12H11N5O6. The topological polar surface area (TPSA) is 142 Å². The molecule has 0 aliphatic rings. The van der Waals surface area contributed by atoms with Crippen LogP contribution in [0.15, 0.2) is 44.4 Å². The summed E-state index contributed by atoms with van der Waals surface area (Å²) in [6.45, 7) is -0.195. The van der Waals surface area contributed by atoms with Crippen molar-refractivity contribution >= 4 is 5.69 Å². The number of nitro groups is 1. The molecule has 3 rings (SSSR count). The van der Waals surface area contributed by atoms with Crippen molar-refractivity contribution in [2.45, 2.75) is 19.2 Å². The largest absolute Gasteiger partial charge is 0.459 e. The van der Waals surface area contributed by atoms with E-state index in [9.17, 15) is 20.0 Å². The maximum absolute atomic E-state index is 11.7. The van der Waals surface area contributed by atoms with E-state index in [1.165, 1.54) is 17.1 Å². The summed E-state index contributed by atoms with van der Waals surface area (Å²) < 4.78 is 12.1. The summed E-state index contributed by atoms with van der Waals surface area (Å²) in [6, 6.07) is 3.20. The van der Waals surface area contributed by atoms with Crippen molar-refractivity contribution in [3.05, 3.63) is 51.5 Å². The average Bonchev–Trinajstić information content (AvgIpc) is 3.20. The Hall–Kier alpha value is -3.21. The zero-order valence-corrected chi connectivity index (χ0v) is 11.6. The van der Waals surface area contributed by atoms with E-state index >= 15 is 0 Å². The second-order valence-electron chi connectivity index (χ2n) is 4.66. The first kappa shape index (κ1) is 14.7. The fourth-order valence-corrected chi connectivity index (χ4v) is 1.94. The van der Waals surface area contributed by atoms with Crippen LogP contribution in [0.5, 0.6) is 0 Å². The SMILES string of the molecule is O=c1oc(-c2ccco2)nn1CC(O)Cn1cc([N+](=O)[O-])cn1. The minimum atomic E-state index is -1.04. The number of rotatable bonds is 6. The molecule has 23 heavy (non-hydrogen) atoms. The van der Waals surface area contributed by atoms with Gasteiger partial charge in [-0.05, 0) is 12.1 Å². The number of aliphatic hydroxyl groups is 1. The smallest absolute Gasteiger partial charge is 0.437 e. The number of hydrogen-bond donors (Lipinski definition) is 1. The summed E-state index contributed by atoms with van der Waals surface area (Å²) >= 11 is 0. The molecule has 1 atom stereocenters. The molecule has 3 aromatic heterocycles. The third-order valence-corrected chi connectivity index (χ3v) is 2.95. The lowest BCUT2D eigenvalue weighted by Crippen LogP contribution is -2.28. The van der Waals surface area contributed by atoms with Gasteiger partial charge in [-0.1, -0.05) is 0 Å². The minimum Gasteiger partial charge on any atom is -0.459 e. The lowest BCUT2D eigenvalue weighted by Gasteiger charge is -2.08. The van der Waals surface area contributed by atoms with Gasteiger partial charge in [0, 0.05) is 0 Å². The summed E-state index contributed by atoms with van der Waals surface area (Å²) in [5.74, 6) is -0.457. The summed E-state index contributed by atoms with van der Waals surface area (Å²) in [5, 5.41) is 28.2. The maximum atomic E-state index is 11.7. The van der Waals surface area contributed by atoms with Gasteiger partial charge in [0.15, 0.2) is 5.76 Å². The van der Waals surface area contributed by atoms with Gasteiger partial charge in [-0.3, -0.25) is 14.8 Å². The second-order valence-corrected chi connectivity index (χ2v) is 4.66. The fraction of sp³-hybridized carbons (Fsp3) is 0.250. The van der Waals surface area contributed by atoms with E-state index in [2.05, 4.69) is 10.2 Å². The van der Waals surface area contributed by atoms with E-state index in [0.717, 1.165) is 10.9 Å². The summed E-state index contributed by atoms with van der Waals surface area (Å²) in [4.78, 5) is 21.7. The van der Waals surface area contributed by atoms with Crippen LogP contribution in [0.3, 0.4) is 0 Å². The molecule has 0 amide bonds. The first-order chi connectivity index (χ1) is 11.0. The second kappa shape index (κ2) is 5.88. The molecule has 1 N–H and O–H groups in total. The van der Waals surface area contributed by atoms with Crippen molar-refractivity contribution in [3.8, 4) is 11.7 Å². The number of aliphatic hydroxyl groups excluding tert-OH is 1. The standard InChI is InChI=1S/C12H11N5O6/c18-9(6-15-5-8(4-13-15)17(20)21)7-16-12(19)23-11(14-16)10-2-1-3-22-10/h1-5,9,18H,6-7H2. The predicted molar refractivity (Wildman–Crippen MR) is 73.4 cm³/mol. The number of nitrogens with zero attached hydrogens (tertiary/aromatic N) is 5. The van der Waals surface area contributed by atoms with Crippen molar-refractivity contribution in [2.75, 3.05) is 0 Å². The Morgan fingerprint density at radius 3 is 2.91 bits per heavy atom. The first-order valence-electron chi connectivity index (χ1n) is 6.49. The van der Waals surface area contributed by atoms with Gasteiger partial charge in [0.1, 0.15) is 12.4 Å². The molecule has 0 saturated carbocycles. The molecule has 3 aromatic rings. The monoisotopic (exact) mass is 321 g/mol. The number of aromatic nitrogens is 4. The van der Waals surface area contributed by atoms with Gasteiger partial charge in [-0.2, -0.15) is 9.78 Å². The Morgan fingerprint density at radius 2 is 2.26 bits per heavy atom. The van der Waals surface area contributed by atoms with Crippen LogP contribution in [0, 0.1) is 10.1 Å². The third kappa shape index (κ3) is 3.18. The Kier molecular flexibility index (Phi) is 3.76. The minimum absolute atomic E-state index is 0.00178. The van der Waals surface area contributed by atoms with Gasteiger partial charge in [0.2, 0.25) is 0 Å². The molecular weight excluding hydrogens is 310 g/mol. The van der Waals surface area contributed by atoms with Gasteiger partial charge in [-0.25, -0.2) is 4.79 Å². The molecule has 0 aromatic carbocycles. The predicted octanol–water partition coefficient (Wildman–Crippen LogP) is 0.262. The normalized spacial score (nSPS) is 12.4. The molecule has 0 bridgehead atoms. The first-order valence-corrected chi connectivity index (χ1v) is 6.49. The maximum Gasteiger partial charge on any atom is 0.437 e. The van der Waals surface area contributed by atoms with Crippen LogP contribution in [0.1, 0.15) is 0 Å². The summed E-state index contributed by atoms with van der Waals surface area (Å²) in [5.41, 5.74) is -0.184. The van der Waals surface area contributed by atoms with Gasteiger partial charge < -0.3 is 13.9 Å². The van der Waals surface area contributed by atoms with Crippen LogP contribution in [-0.2, 0) is 13.1 Å². The van der Waals surface area contributed by atoms with Crippen LogP contribution < -0.4 is 5.76 Å². The van der Waals surface area contributed by atoms with E-state index in [-0.39, 0.29) is 30.4 Å². The highest BCUT2D eigenvalue weighted by Gasteiger charge is 2.17. The molecule has 11 heteroatoms. The highest BCUT2D eigenvalue weighted by Crippen LogP contribution is 2.15. The zero-order chi connectivity index (χ0) is 16.4. The van der Waals surface area contributed by atoms with Crippen LogP contribution in [-0.4, -0.2) is 35.7 Å². The Labute approximate surface area is 127 Å². The molecule has 0 fully saturated rings. The molecule has 1 unspecified atom stereocenters. The third-order valence-electron chi connectivity index (χ3n) is 2.95. The average molecular weight is 321 g/mol. The lowest BCUT2D eigenvalue weighted by atomic mass is 10.3. The van der Waals surface area contributed by atoms with Crippen LogP contribution in [0.2, 0.25) is 0 Å². The van der Waals surface area contributed by atoms with Crippen molar-refractivity contribution in [3.63, 3.8) is 0 Å². The quantitative estimate of drug-likeness (QED) is 0.503. The molecule has 0 aliphatic heterocycles. The molecule has 11 nitrogen and oxygen atoms in total. The van der Waals surface area contributed by atoms with E-state index in [1.54, 1.807) is 12.1 Å². The summed E-state index contributed by atoms with van der Waals surface area (Å²) in [6.07, 6.45) is 2.63. The highest BCUT2D eigenvalue weighted by molar-refractivity contribution is 5.42. The van der Waals surface area contributed by atoms with Crippen molar-refractivity contribution in [1.29, 1.82) is 0 Å². The van der Waals surface area contributed by atoms with Gasteiger partial charge in [0.25, 0.3) is 5.89 Å². The molecule has 0 radical (unpaired) electrons. The van der Waals surface area contributed by atoms with E-state index < -0.39 is 16.8 Å². The molecule has 120 valence electrons. The van der Waals surface area contributed by atoms with Crippen molar-refractivity contribution < 1.29 is 18.9 Å². The van der Waals surface area contributed by atoms with Gasteiger partial charge >= 0.3 is 11.4 Å². The van der Waals surface area contributed by atoms with E-state index in [4.69, 9.17) is 8.83 Å². The molecule has 0 saturated heterocycles. The Morgan fingerprint density at radius 1 is 1.43 bits per heavy atom. The fourth-order valence-electron chi connectivity index (χ4n) is 1.94. The Balaban J connectivity index is 1.69. The van der Waals surface area contributed by atoms with E-state index in [0.29, 0.717) is 0 Å². The van der Waals surface area contributed by atoms with Gasteiger partial charge in [0.05, 0.1) is 30.4 Å². The van der Waals surface area contributed by atoms with Crippen LogP contribution in [0.4, 0.5) is 5.69 Å². The zero-order valence-electron chi connectivity index (χ0n) is 11.6. The van der Waals surface area contributed by atoms with Crippen LogP contribution in [0.25, 0.3) is 11.7 Å². The lowest BCUT2D eigenvalue weighted by molar-refractivity contribution is -0.385. The Bertz CT molecular complexity index is 861. The number of hydrogen-bond acceptors (Lipinski definition) is 8. The van der Waals surface area contributed by atoms with Crippen LogP contribution >= 0.6 is 0 Å². The van der Waals surface area contributed by atoms with Crippen molar-refractivity contribution in [2.24, 2.45) is 0 Å². The molecule has 0 aliphatic carbocycles. The molecule has 0 spiro atoms. The van der Waals surface area contributed by atoms with Gasteiger partial charge in [-0.15, -0.1) is 5.10 Å². The molecule has 3 heterocycles. The van der Waals surface area contributed by atoms with Crippen molar-refractivity contribution in [1.82, 2.24) is 19.6 Å². The highest BCUT2D eigenvalue weighted by atomic mass is 16.6. The van der Waals surface area contributed by atoms with E-state index in [1.807, 2.05) is 0 Å². The summed E-state index contributed by atoms with van der Waals surface area (Å²) in [7, 11) is 0.